The highest BCUT2D eigenvalue weighted by atomic mass is 32.1. The maximum atomic E-state index is 5.62. The van der Waals surface area contributed by atoms with E-state index in [4.69, 9.17) is 11.5 Å². The molecule has 6 nitrogen and oxygen atoms in total. The van der Waals surface area contributed by atoms with Crippen LogP contribution in [-0.4, -0.2) is 15.0 Å². The molecule has 0 saturated carbocycles. The largest absolute Gasteiger partial charge is 0.383 e. The van der Waals surface area contributed by atoms with Crippen LogP contribution in [-0.2, 0) is 0 Å². The van der Waals surface area contributed by atoms with Crippen molar-refractivity contribution in [2.45, 2.75) is 6.92 Å². The second-order valence-corrected chi connectivity index (χ2v) is 5.18. The zero-order chi connectivity index (χ0) is 13.4. The molecule has 2 heterocycles. The van der Waals surface area contributed by atoms with E-state index in [1.54, 1.807) is 17.4 Å². The highest BCUT2D eigenvalue weighted by Gasteiger charge is 2.06. The fraction of sp³-hybridized carbons (Fsp3) is 0.0833. The number of thiazole rings is 1. The number of anilines is 4. The molecular weight excluding hydrogens is 260 g/mol. The van der Waals surface area contributed by atoms with Gasteiger partial charge in [0.2, 0.25) is 5.95 Å². The smallest absolute Gasteiger partial charge is 0.223 e. The number of aryl methyl sites for hydroxylation is 1. The average Bonchev–Trinajstić information content (AvgIpc) is 2.68. The van der Waals surface area contributed by atoms with Crippen molar-refractivity contribution in [3.05, 3.63) is 29.8 Å². The SMILES string of the molecule is Cc1ccc2nc(Nc3cc(N)nc(N)n3)sc2c1. The molecule has 5 N–H and O–H groups in total. The van der Waals surface area contributed by atoms with Crippen molar-refractivity contribution < 1.29 is 0 Å². The number of aromatic nitrogens is 3. The Morgan fingerprint density at radius 3 is 2.74 bits per heavy atom. The summed E-state index contributed by atoms with van der Waals surface area (Å²) in [5.74, 6) is 1.01. The second-order valence-electron chi connectivity index (χ2n) is 4.15. The van der Waals surface area contributed by atoms with Gasteiger partial charge in [-0.15, -0.1) is 0 Å². The van der Waals surface area contributed by atoms with Crippen LogP contribution >= 0.6 is 11.3 Å². The van der Waals surface area contributed by atoms with Crippen molar-refractivity contribution in [3.8, 4) is 0 Å². The molecule has 0 radical (unpaired) electrons. The molecule has 0 spiro atoms. The van der Waals surface area contributed by atoms with Crippen molar-refractivity contribution in [1.82, 2.24) is 15.0 Å². The van der Waals surface area contributed by atoms with Gasteiger partial charge in [-0.25, -0.2) is 4.98 Å². The summed E-state index contributed by atoms with van der Waals surface area (Å²) in [7, 11) is 0. The molecule has 0 aliphatic rings. The normalized spacial score (nSPS) is 10.8. The lowest BCUT2D eigenvalue weighted by molar-refractivity contribution is 1.19. The van der Waals surface area contributed by atoms with Crippen LogP contribution in [0, 0.1) is 6.92 Å². The summed E-state index contributed by atoms with van der Waals surface area (Å²) < 4.78 is 1.12. The second kappa shape index (κ2) is 4.36. The Labute approximate surface area is 113 Å². The summed E-state index contributed by atoms with van der Waals surface area (Å²) in [5, 5.41) is 3.84. The van der Waals surface area contributed by atoms with Crippen LogP contribution in [0.25, 0.3) is 10.2 Å². The summed E-state index contributed by atoms with van der Waals surface area (Å²) in [5.41, 5.74) is 13.3. The van der Waals surface area contributed by atoms with Crippen molar-refractivity contribution in [2.24, 2.45) is 0 Å². The predicted molar refractivity (Wildman–Crippen MR) is 78.5 cm³/mol. The minimum atomic E-state index is 0.138. The molecule has 19 heavy (non-hydrogen) atoms. The van der Waals surface area contributed by atoms with Crippen LogP contribution in [0.4, 0.5) is 22.7 Å². The van der Waals surface area contributed by atoms with Crippen LogP contribution in [0.3, 0.4) is 0 Å². The molecule has 0 aliphatic heterocycles. The summed E-state index contributed by atoms with van der Waals surface area (Å²) in [6.45, 7) is 2.05. The van der Waals surface area contributed by atoms with E-state index in [1.165, 1.54) is 5.56 Å². The molecule has 3 rings (SSSR count). The van der Waals surface area contributed by atoms with Crippen LogP contribution in [0.5, 0.6) is 0 Å². The van der Waals surface area contributed by atoms with E-state index in [0.717, 1.165) is 15.3 Å². The number of benzene rings is 1. The number of nitrogens with one attached hydrogen (secondary N) is 1. The fourth-order valence-electron chi connectivity index (χ4n) is 1.74. The van der Waals surface area contributed by atoms with E-state index in [1.807, 2.05) is 12.1 Å². The Morgan fingerprint density at radius 1 is 1.11 bits per heavy atom. The van der Waals surface area contributed by atoms with Gasteiger partial charge in [-0.2, -0.15) is 9.97 Å². The van der Waals surface area contributed by atoms with Gasteiger partial charge in [0.15, 0.2) is 5.13 Å². The molecule has 1 aromatic carbocycles. The van der Waals surface area contributed by atoms with E-state index in [-0.39, 0.29) is 5.95 Å². The van der Waals surface area contributed by atoms with Gasteiger partial charge in [-0.1, -0.05) is 17.4 Å². The van der Waals surface area contributed by atoms with Gasteiger partial charge < -0.3 is 16.8 Å². The number of nitrogens with zero attached hydrogens (tertiary/aromatic N) is 3. The van der Waals surface area contributed by atoms with Gasteiger partial charge in [-0.3, -0.25) is 0 Å². The topological polar surface area (TPSA) is 103 Å². The lowest BCUT2D eigenvalue weighted by atomic mass is 10.2. The molecule has 0 saturated heterocycles. The lowest BCUT2D eigenvalue weighted by Gasteiger charge is -2.02. The molecule has 0 unspecified atom stereocenters. The molecule has 0 amide bonds. The third-order valence-corrected chi connectivity index (χ3v) is 3.48. The molecule has 0 fully saturated rings. The summed E-state index contributed by atoms with van der Waals surface area (Å²) >= 11 is 1.55. The number of rotatable bonds is 2. The first-order valence-electron chi connectivity index (χ1n) is 5.64. The predicted octanol–water partition coefficient (Wildman–Crippen LogP) is 2.30. The van der Waals surface area contributed by atoms with Gasteiger partial charge in [-0.05, 0) is 24.6 Å². The van der Waals surface area contributed by atoms with Crippen molar-refractivity contribution in [1.29, 1.82) is 0 Å². The molecule has 0 aliphatic carbocycles. The summed E-state index contributed by atoms with van der Waals surface area (Å²) in [6, 6.07) is 7.75. The Hall–Kier alpha value is -2.41. The summed E-state index contributed by atoms with van der Waals surface area (Å²) in [6.07, 6.45) is 0. The highest BCUT2D eigenvalue weighted by Crippen LogP contribution is 2.28. The zero-order valence-corrected chi connectivity index (χ0v) is 11.0. The maximum absolute atomic E-state index is 5.62. The zero-order valence-electron chi connectivity index (χ0n) is 10.2. The molecular formula is C12H12N6S. The Kier molecular flexibility index (Phi) is 2.68. The first-order chi connectivity index (χ1) is 9.10. The van der Waals surface area contributed by atoms with E-state index in [0.29, 0.717) is 11.6 Å². The van der Waals surface area contributed by atoms with Gasteiger partial charge in [0.05, 0.1) is 10.2 Å². The first kappa shape index (κ1) is 11.7. The van der Waals surface area contributed by atoms with Crippen LogP contribution < -0.4 is 16.8 Å². The number of hydrogen-bond donors (Lipinski definition) is 3. The molecule has 3 aromatic rings. The number of fused-ring (bicyclic) bond motifs is 1. The first-order valence-corrected chi connectivity index (χ1v) is 6.46. The number of hydrogen-bond acceptors (Lipinski definition) is 7. The van der Waals surface area contributed by atoms with E-state index >= 15 is 0 Å². The monoisotopic (exact) mass is 272 g/mol. The maximum Gasteiger partial charge on any atom is 0.223 e. The standard InChI is InChI=1S/C12H12N6S/c1-6-2-3-7-8(4-6)19-12(15-7)18-10-5-9(13)16-11(14)17-10/h2-5H,1H3,(H5,13,14,15,16,17,18). The number of nitrogen functional groups attached to an aromatic ring is 2. The molecule has 2 aromatic heterocycles. The minimum Gasteiger partial charge on any atom is -0.383 e. The Balaban J connectivity index is 1.96. The molecule has 7 heteroatoms. The Morgan fingerprint density at radius 2 is 1.95 bits per heavy atom. The lowest BCUT2D eigenvalue weighted by Crippen LogP contribution is -2.02. The third-order valence-electron chi connectivity index (χ3n) is 2.54. The third kappa shape index (κ3) is 2.41. The van der Waals surface area contributed by atoms with Gasteiger partial charge >= 0.3 is 0 Å². The fourth-order valence-corrected chi connectivity index (χ4v) is 2.72. The number of nitrogens with two attached hydrogens (primary N) is 2. The van der Waals surface area contributed by atoms with Gasteiger partial charge in [0.1, 0.15) is 11.6 Å². The van der Waals surface area contributed by atoms with Crippen molar-refractivity contribution >= 4 is 44.3 Å². The van der Waals surface area contributed by atoms with E-state index in [9.17, 15) is 0 Å². The van der Waals surface area contributed by atoms with E-state index in [2.05, 4.69) is 33.3 Å². The highest BCUT2D eigenvalue weighted by molar-refractivity contribution is 7.22. The van der Waals surface area contributed by atoms with Crippen molar-refractivity contribution in [3.63, 3.8) is 0 Å². The van der Waals surface area contributed by atoms with Crippen LogP contribution in [0.15, 0.2) is 24.3 Å². The Bertz CT molecular complexity index is 731. The summed E-state index contributed by atoms with van der Waals surface area (Å²) in [4.78, 5) is 12.4. The molecule has 0 atom stereocenters. The quantitative estimate of drug-likeness (QED) is 0.661. The molecule has 0 bridgehead atoms. The van der Waals surface area contributed by atoms with Gasteiger partial charge in [0, 0.05) is 6.07 Å². The molecule has 96 valence electrons. The minimum absolute atomic E-state index is 0.138. The van der Waals surface area contributed by atoms with Crippen LogP contribution in [0.2, 0.25) is 0 Å². The average molecular weight is 272 g/mol. The van der Waals surface area contributed by atoms with Crippen molar-refractivity contribution in [2.75, 3.05) is 16.8 Å². The van der Waals surface area contributed by atoms with E-state index < -0.39 is 0 Å². The van der Waals surface area contributed by atoms with Crippen LogP contribution in [0.1, 0.15) is 5.56 Å². The van der Waals surface area contributed by atoms with Gasteiger partial charge in [0.25, 0.3) is 0 Å².